The topological polar surface area (TPSA) is 40.5 Å². The van der Waals surface area contributed by atoms with Crippen molar-refractivity contribution in [3.8, 4) is 0 Å². The van der Waals surface area contributed by atoms with Crippen LogP contribution in [-0.4, -0.2) is 36.1 Å². The number of carbonyl (C=O) groups is 1. The van der Waals surface area contributed by atoms with Crippen molar-refractivity contribution < 1.29 is 9.90 Å². The zero-order valence-electron chi connectivity index (χ0n) is 10.1. The van der Waals surface area contributed by atoms with Gasteiger partial charge in [0, 0.05) is 6.04 Å². The van der Waals surface area contributed by atoms with E-state index in [4.69, 9.17) is 5.11 Å². The highest BCUT2D eigenvalue weighted by Gasteiger charge is 2.28. The van der Waals surface area contributed by atoms with Gasteiger partial charge in [0.25, 0.3) is 0 Å². The molecule has 1 N–H and O–H groups in total. The molecule has 1 aliphatic rings. The Hall–Kier alpha value is -0.570. The summed E-state index contributed by atoms with van der Waals surface area (Å²) in [5.41, 5.74) is 0. The van der Waals surface area contributed by atoms with Gasteiger partial charge >= 0.3 is 5.97 Å². The Morgan fingerprint density at radius 1 is 1.33 bits per heavy atom. The molecular formula is C12H23NO2. The summed E-state index contributed by atoms with van der Waals surface area (Å²) in [6.07, 6.45) is 5.18. The van der Waals surface area contributed by atoms with Crippen LogP contribution in [0.15, 0.2) is 0 Å². The van der Waals surface area contributed by atoms with Gasteiger partial charge in [-0.3, -0.25) is 4.79 Å². The zero-order valence-corrected chi connectivity index (χ0v) is 10.1. The van der Waals surface area contributed by atoms with E-state index in [1.54, 1.807) is 0 Å². The molecule has 15 heavy (non-hydrogen) atoms. The van der Waals surface area contributed by atoms with Crippen molar-refractivity contribution >= 4 is 5.97 Å². The minimum Gasteiger partial charge on any atom is -0.481 e. The van der Waals surface area contributed by atoms with Gasteiger partial charge in [0.1, 0.15) is 0 Å². The Kier molecular flexibility index (Phi) is 4.58. The van der Waals surface area contributed by atoms with Crippen LogP contribution in [0.1, 0.15) is 39.0 Å². The maximum absolute atomic E-state index is 10.8. The fourth-order valence-corrected chi connectivity index (χ4v) is 2.62. The van der Waals surface area contributed by atoms with Crippen molar-refractivity contribution in [2.24, 2.45) is 11.8 Å². The van der Waals surface area contributed by atoms with Crippen molar-refractivity contribution in [1.29, 1.82) is 0 Å². The summed E-state index contributed by atoms with van der Waals surface area (Å²) in [5.74, 6) is 0.730. The van der Waals surface area contributed by atoms with E-state index in [1.807, 2.05) is 14.1 Å². The third kappa shape index (κ3) is 3.82. The van der Waals surface area contributed by atoms with Crippen molar-refractivity contribution in [3.05, 3.63) is 0 Å². The Labute approximate surface area is 92.5 Å². The van der Waals surface area contributed by atoms with Crippen LogP contribution in [0.5, 0.6) is 0 Å². The van der Waals surface area contributed by atoms with Crippen molar-refractivity contribution in [2.75, 3.05) is 14.1 Å². The number of aliphatic carboxylic acids is 1. The number of nitrogens with zero attached hydrogens (tertiary/aromatic N) is 1. The van der Waals surface area contributed by atoms with Gasteiger partial charge in [0.05, 0.1) is 6.42 Å². The molecule has 3 heteroatoms. The molecular weight excluding hydrogens is 190 g/mol. The Morgan fingerprint density at radius 3 is 2.27 bits per heavy atom. The van der Waals surface area contributed by atoms with E-state index in [1.165, 1.54) is 25.7 Å². The predicted octanol–water partition coefficient (Wildman–Crippen LogP) is 2.22. The second-order valence-electron chi connectivity index (χ2n) is 5.15. The zero-order chi connectivity index (χ0) is 11.4. The molecule has 1 fully saturated rings. The molecule has 1 aliphatic carbocycles. The van der Waals surface area contributed by atoms with E-state index >= 15 is 0 Å². The first-order valence-electron chi connectivity index (χ1n) is 5.89. The standard InChI is InChI=1S/C12H23NO2/c1-9-4-6-10(7-5-9)11(13(2)3)8-12(14)15/h9-11H,4-8H2,1-3H3,(H,14,15). The van der Waals surface area contributed by atoms with Crippen LogP contribution in [0.4, 0.5) is 0 Å². The van der Waals surface area contributed by atoms with Crippen molar-refractivity contribution in [2.45, 2.75) is 45.1 Å². The van der Waals surface area contributed by atoms with Gasteiger partial charge in [-0.2, -0.15) is 0 Å². The van der Waals surface area contributed by atoms with Crippen molar-refractivity contribution in [1.82, 2.24) is 4.90 Å². The van der Waals surface area contributed by atoms with E-state index in [9.17, 15) is 4.79 Å². The molecule has 88 valence electrons. The van der Waals surface area contributed by atoms with Crippen LogP contribution in [0.3, 0.4) is 0 Å². The number of rotatable bonds is 4. The fourth-order valence-electron chi connectivity index (χ4n) is 2.62. The number of carboxylic acid groups (broad SMARTS) is 1. The van der Waals surface area contributed by atoms with E-state index in [0.717, 1.165) is 5.92 Å². The molecule has 0 aliphatic heterocycles. The largest absolute Gasteiger partial charge is 0.481 e. The summed E-state index contributed by atoms with van der Waals surface area (Å²) in [6.45, 7) is 2.29. The summed E-state index contributed by atoms with van der Waals surface area (Å²) >= 11 is 0. The average molecular weight is 213 g/mol. The third-order valence-electron chi connectivity index (χ3n) is 3.65. The lowest BCUT2D eigenvalue weighted by molar-refractivity contribution is -0.138. The molecule has 0 saturated heterocycles. The first-order valence-corrected chi connectivity index (χ1v) is 5.89. The van der Waals surface area contributed by atoms with E-state index in [2.05, 4.69) is 11.8 Å². The maximum atomic E-state index is 10.8. The molecule has 0 aromatic carbocycles. The molecule has 1 atom stereocenters. The average Bonchev–Trinajstić information content (AvgIpc) is 2.15. The van der Waals surface area contributed by atoms with E-state index in [-0.39, 0.29) is 12.5 Å². The molecule has 0 aromatic heterocycles. The summed E-state index contributed by atoms with van der Waals surface area (Å²) in [6, 6.07) is 0.218. The second-order valence-corrected chi connectivity index (χ2v) is 5.15. The van der Waals surface area contributed by atoms with Gasteiger partial charge in [0.15, 0.2) is 0 Å². The Bertz CT molecular complexity index is 208. The lowest BCUT2D eigenvalue weighted by atomic mass is 9.78. The van der Waals surface area contributed by atoms with Gasteiger partial charge in [-0.15, -0.1) is 0 Å². The molecule has 0 aromatic rings. The normalized spacial score (nSPS) is 29.1. The quantitative estimate of drug-likeness (QED) is 0.778. The van der Waals surface area contributed by atoms with Crippen LogP contribution in [0.2, 0.25) is 0 Å². The Morgan fingerprint density at radius 2 is 1.87 bits per heavy atom. The molecule has 1 saturated carbocycles. The molecule has 3 nitrogen and oxygen atoms in total. The van der Waals surface area contributed by atoms with Crippen LogP contribution < -0.4 is 0 Å². The summed E-state index contributed by atoms with van der Waals surface area (Å²) in [4.78, 5) is 12.9. The number of hydrogen-bond acceptors (Lipinski definition) is 2. The van der Waals surface area contributed by atoms with Gasteiger partial charge in [-0.25, -0.2) is 0 Å². The highest BCUT2D eigenvalue weighted by atomic mass is 16.4. The first-order chi connectivity index (χ1) is 7.00. The van der Waals surface area contributed by atoms with Gasteiger partial charge in [-0.05, 0) is 38.8 Å². The van der Waals surface area contributed by atoms with Crippen LogP contribution in [0.25, 0.3) is 0 Å². The summed E-state index contributed by atoms with van der Waals surface area (Å²) in [5, 5.41) is 8.89. The molecule has 0 spiro atoms. The highest BCUT2D eigenvalue weighted by Crippen LogP contribution is 2.32. The second kappa shape index (κ2) is 5.50. The number of carboxylic acids is 1. The fraction of sp³-hybridized carbons (Fsp3) is 0.917. The van der Waals surface area contributed by atoms with Gasteiger partial charge in [-0.1, -0.05) is 19.8 Å². The third-order valence-corrected chi connectivity index (χ3v) is 3.65. The molecule has 0 radical (unpaired) electrons. The molecule has 0 amide bonds. The van der Waals surface area contributed by atoms with E-state index < -0.39 is 5.97 Å². The Balaban J connectivity index is 2.52. The lowest BCUT2D eigenvalue weighted by Gasteiger charge is -2.35. The molecule has 1 unspecified atom stereocenters. The van der Waals surface area contributed by atoms with Crippen LogP contribution in [-0.2, 0) is 4.79 Å². The SMILES string of the molecule is CC1CCC(C(CC(=O)O)N(C)C)CC1. The van der Waals surface area contributed by atoms with Crippen LogP contribution >= 0.6 is 0 Å². The smallest absolute Gasteiger partial charge is 0.304 e. The van der Waals surface area contributed by atoms with Crippen molar-refractivity contribution in [3.63, 3.8) is 0 Å². The van der Waals surface area contributed by atoms with E-state index in [0.29, 0.717) is 5.92 Å². The van der Waals surface area contributed by atoms with Gasteiger partial charge in [0.2, 0.25) is 0 Å². The first kappa shape index (κ1) is 12.5. The molecule has 0 heterocycles. The highest BCUT2D eigenvalue weighted by molar-refractivity contribution is 5.67. The minimum atomic E-state index is -0.674. The monoisotopic (exact) mass is 213 g/mol. The minimum absolute atomic E-state index is 0.218. The van der Waals surface area contributed by atoms with Gasteiger partial charge < -0.3 is 10.0 Å². The number of hydrogen-bond donors (Lipinski definition) is 1. The van der Waals surface area contributed by atoms with Crippen LogP contribution in [0, 0.1) is 11.8 Å². The predicted molar refractivity (Wildman–Crippen MR) is 60.8 cm³/mol. The molecule has 1 rings (SSSR count). The summed E-state index contributed by atoms with van der Waals surface area (Å²) < 4.78 is 0. The summed E-state index contributed by atoms with van der Waals surface area (Å²) in [7, 11) is 3.98. The molecule has 0 bridgehead atoms. The lowest BCUT2D eigenvalue weighted by Crippen LogP contribution is -2.38. The maximum Gasteiger partial charge on any atom is 0.304 e.